The van der Waals surface area contributed by atoms with Crippen LogP contribution in [0.5, 0.6) is 0 Å². The number of carbonyl (C=O) groups excluding carboxylic acids is 3. The minimum Gasteiger partial charge on any atom is -0.467 e. The van der Waals surface area contributed by atoms with Gasteiger partial charge in [0.15, 0.2) is 0 Å². The Labute approximate surface area is 143 Å². The van der Waals surface area contributed by atoms with Crippen molar-refractivity contribution in [1.82, 2.24) is 10.6 Å². The number of rotatable bonds is 8. The third kappa shape index (κ3) is 6.81. The minimum absolute atomic E-state index is 0.211. The molecule has 2 amide bonds. The lowest BCUT2D eigenvalue weighted by Crippen LogP contribution is -2.52. The molecule has 0 aliphatic heterocycles. The number of ether oxygens (including phenoxy) is 1. The van der Waals surface area contributed by atoms with Crippen LogP contribution in [-0.4, -0.2) is 37.0 Å². The largest absolute Gasteiger partial charge is 0.467 e. The summed E-state index contributed by atoms with van der Waals surface area (Å²) in [5, 5.41) is 5.34. The molecule has 0 saturated heterocycles. The molecule has 2 N–H and O–H groups in total. The topological polar surface area (TPSA) is 84.5 Å². The summed E-state index contributed by atoms with van der Waals surface area (Å²) in [6.07, 6.45) is 0.818. The highest BCUT2D eigenvalue weighted by molar-refractivity contribution is 5.90. The summed E-state index contributed by atoms with van der Waals surface area (Å²) in [5.74, 6) is -0.976. The zero-order chi connectivity index (χ0) is 18.1. The molecule has 24 heavy (non-hydrogen) atoms. The smallest absolute Gasteiger partial charge is 0.328 e. The van der Waals surface area contributed by atoms with E-state index in [1.807, 2.05) is 44.2 Å². The van der Waals surface area contributed by atoms with Gasteiger partial charge in [-0.25, -0.2) is 4.79 Å². The fourth-order valence-corrected chi connectivity index (χ4v) is 2.40. The van der Waals surface area contributed by atoms with E-state index in [1.54, 1.807) is 0 Å². The van der Waals surface area contributed by atoms with E-state index in [0.717, 1.165) is 5.56 Å². The first kappa shape index (κ1) is 19.7. The van der Waals surface area contributed by atoms with Crippen molar-refractivity contribution in [1.29, 1.82) is 0 Å². The van der Waals surface area contributed by atoms with Crippen LogP contribution in [-0.2, 0) is 25.5 Å². The summed E-state index contributed by atoms with van der Waals surface area (Å²) in [7, 11) is 1.29. The molecular formula is C18H26N2O4. The molecule has 1 aromatic rings. The molecule has 0 aliphatic carbocycles. The SMILES string of the molecule is COC(=O)[C@H](CC(C)C)NC(=O)[C@@H](Cc1ccccc1)NC(C)=O. The van der Waals surface area contributed by atoms with Crippen molar-refractivity contribution in [2.24, 2.45) is 5.92 Å². The predicted molar refractivity (Wildman–Crippen MR) is 91.2 cm³/mol. The van der Waals surface area contributed by atoms with Crippen molar-refractivity contribution < 1.29 is 19.1 Å². The first-order valence-electron chi connectivity index (χ1n) is 8.02. The van der Waals surface area contributed by atoms with Crippen molar-refractivity contribution in [3.8, 4) is 0 Å². The Morgan fingerprint density at radius 1 is 1.04 bits per heavy atom. The molecule has 0 saturated carbocycles. The molecule has 132 valence electrons. The molecular weight excluding hydrogens is 308 g/mol. The van der Waals surface area contributed by atoms with Crippen LogP contribution in [0.1, 0.15) is 32.8 Å². The first-order valence-corrected chi connectivity index (χ1v) is 8.02. The third-order valence-electron chi connectivity index (χ3n) is 3.49. The van der Waals surface area contributed by atoms with Gasteiger partial charge < -0.3 is 15.4 Å². The van der Waals surface area contributed by atoms with Crippen LogP contribution >= 0.6 is 0 Å². The summed E-state index contributed by atoms with van der Waals surface area (Å²) in [5.41, 5.74) is 0.921. The van der Waals surface area contributed by atoms with E-state index >= 15 is 0 Å². The van der Waals surface area contributed by atoms with E-state index in [0.29, 0.717) is 12.8 Å². The number of nitrogens with one attached hydrogen (secondary N) is 2. The second kappa shape index (κ2) is 9.70. The normalized spacial score (nSPS) is 13.0. The van der Waals surface area contributed by atoms with Gasteiger partial charge in [-0.05, 0) is 17.9 Å². The van der Waals surface area contributed by atoms with Gasteiger partial charge in [0.1, 0.15) is 12.1 Å². The second-order valence-corrected chi connectivity index (χ2v) is 6.16. The molecule has 6 heteroatoms. The molecule has 0 spiro atoms. The highest BCUT2D eigenvalue weighted by atomic mass is 16.5. The molecule has 1 aromatic carbocycles. The predicted octanol–water partition coefficient (Wildman–Crippen LogP) is 1.44. The molecule has 1 rings (SSSR count). The molecule has 0 aromatic heterocycles. The van der Waals surface area contributed by atoms with Gasteiger partial charge in [0, 0.05) is 13.3 Å². The third-order valence-corrected chi connectivity index (χ3v) is 3.49. The molecule has 2 atom stereocenters. The van der Waals surface area contributed by atoms with Crippen molar-refractivity contribution >= 4 is 17.8 Å². The molecule has 0 heterocycles. The minimum atomic E-state index is -0.746. The van der Waals surface area contributed by atoms with Gasteiger partial charge in [-0.3, -0.25) is 9.59 Å². The Morgan fingerprint density at radius 2 is 1.67 bits per heavy atom. The number of benzene rings is 1. The van der Waals surface area contributed by atoms with Crippen LogP contribution < -0.4 is 10.6 Å². The van der Waals surface area contributed by atoms with Crippen LogP contribution in [0, 0.1) is 5.92 Å². The van der Waals surface area contributed by atoms with Gasteiger partial charge in [0.25, 0.3) is 0 Å². The lowest BCUT2D eigenvalue weighted by Gasteiger charge is -2.23. The second-order valence-electron chi connectivity index (χ2n) is 6.16. The Morgan fingerprint density at radius 3 is 2.17 bits per heavy atom. The average molecular weight is 334 g/mol. The van der Waals surface area contributed by atoms with E-state index in [4.69, 9.17) is 4.74 Å². The Balaban J connectivity index is 2.85. The van der Waals surface area contributed by atoms with E-state index < -0.39 is 24.0 Å². The molecule has 6 nitrogen and oxygen atoms in total. The van der Waals surface area contributed by atoms with Gasteiger partial charge in [0.2, 0.25) is 11.8 Å². The summed E-state index contributed by atoms with van der Waals surface area (Å²) in [6.45, 7) is 5.27. The van der Waals surface area contributed by atoms with E-state index in [1.165, 1.54) is 14.0 Å². The zero-order valence-electron chi connectivity index (χ0n) is 14.7. The zero-order valence-corrected chi connectivity index (χ0v) is 14.7. The first-order chi connectivity index (χ1) is 11.3. The molecule has 0 aliphatic rings. The monoisotopic (exact) mass is 334 g/mol. The van der Waals surface area contributed by atoms with Gasteiger partial charge in [0.05, 0.1) is 7.11 Å². The number of esters is 1. The van der Waals surface area contributed by atoms with Gasteiger partial charge in [-0.2, -0.15) is 0 Å². The Hall–Kier alpha value is -2.37. The number of hydrogen-bond donors (Lipinski definition) is 2. The van der Waals surface area contributed by atoms with Crippen molar-refractivity contribution in [3.05, 3.63) is 35.9 Å². The number of hydrogen-bond acceptors (Lipinski definition) is 4. The summed E-state index contributed by atoms with van der Waals surface area (Å²) >= 11 is 0. The van der Waals surface area contributed by atoms with Crippen LogP contribution in [0.25, 0.3) is 0 Å². The highest BCUT2D eigenvalue weighted by Gasteiger charge is 2.27. The fraction of sp³-hybridized carbons (Fsp3) is 0.500. The van der Waals surface area contributed by atoms with Crippen LogP contribution in [0.3, 0.4) is 0 Å². The Bertz CT molecular complexity index is 557. The van der Waals surface area contributed by atoms with Crippen LogP contribution in [0.4, 0.5) is 0 Å². The molecule has 0 bridgehead atoms. The summed E-state index contributed by atoms with van der Waals surface area (Å²) in [6, 6.07) is 7.91. The quantitative estimate of drug-likeness (QED) is 0.705. The standard InChI is InChI=1S/C18H26N2O4/c1-12(2)10-16(18(23)24-4)20-17(22)15(19-13(3)21)11-14-8-6-5-7-9-14/h5-9,12,15-16H,10-11H2,1-4H3,(H,19,21)(H,20,22)/t15-,16+/m1/s1. The fourth-order valence-electron chi connectivity index (χ4n) is 2.40. The lowest BCUT2D eigenvalue weighted by molar-refractivity contribution is -0.145. The molecule has 0 fully saturated rings. The maximum atomic E-state index is 12.6. The van der Waals surface area contributed by atoms with Crippen molar-refractivity contribution in [2.75, 3.05) is 7.11 Å². The van der Waals surface area contributed by atoms with E-state index in [9.17, 15) is 14.4 Å². The van der Waals surface area contributed by atoms with Crippen LogP contribution in [0.15, 0.2) is 30.3 Å². The number of methoxy groups -OCH3 is 1. The lowest BCUT2D eigenvalue weighted by atomic mass is 10.0. The van der Waals surface area contributed by atoms with Gasteiger partial charge >= 0.3 is 5.97 Å². The highest BCUT2D eigenvalue weighted by Crippen LogP contribution is 2.08. The Kier molecular flexibility index (Phi) is 7.95. The van der Waals surface area contributed by atoms with Gasteiger partial charge in [-0.1, -0.05) is 44.2 Å². The number of amides is 2. The van der Waals surface area contributed by atoms with Crippen LogP contribution in [0.2, 0.25) is 0 Å². The van der Waals surface area contributed by atoms with Crippen molar-refractivity contribution in [3.63, 3.8) is 0 Å². The summed E-state index contributed by atoms with van der Waals surface area (Å²) in [4.78, 5) is 35.8. The van der Waals surface area contributed by atoms with E-state index in [-0.39, 0.29) is 11.8 Å². The maximum Gasteiger partial charge on any atom is 0.328 e. The molecule has 0 unspecified atom stereocenters. The van der Waals surface area contributed by atoms with E-state index in [2.05, 4.69) is 10.6 Å². The summed E-state index contributed by atoms with van der Waals surface area (Å²) < 4.78 is 4.75. The maximum absolute atomic E-state index is 12.6. The van der Waals surface area contributed by atoms with Crippen molar-refractivity contribution in [2.45, 2.75) is 45.7 Å². The number of carbonyl (C=O) groups is 3. The average Bonchev–Trinajstić information content (AvgIpc) is 2.53. The molecule has 0 radical (unpaired) electrons. The van der Waals surface area contributed by atoms with Gasteiger partial charge in [-0.15, -0.1) is 0 Å².